The molecule has 0 aliphatic carbocycles. The van der Waals surface area contributed by atoms with Gasteiger partial charge in [0.2, 0.25) is 5.91 Å². The minimum absolute atomic E-state index is 0.114. The van der Waals surface area contributed by atoms with Crippen LogP contribution in [-0.2, 0) is 4.79 Å². The quantitative estimate of drug-likeness (QED) is 0.725. The summed E-state index contributed by atoms with van der Waals surface area (Å²) < 4.78 is 0. The second-order valence-corrected chi connectivity index (χ2v) is 7.15. The monoisotopic (exact) mass is 369 g/mol. The minimum Gasteiger partial charge on any atom is -0.356 e. The number of carbonyl (C=O) groups is 1. The fourth-order valence-electron chi connectivity index (χ4n) is 3.67. The Morgan fingerprint density at radius 1 is 1.19 bits per heavy atom. The van der Waals surface area contributed by atoms with Crippen molar-refractivity contribution in [1.82, 2.24) is 20.2 Å². The van der Waals surface area contributed by atoms with E-state index >= 15 is 0 Å². The van der Waals surface area contributed by atoms with E-state index < -0.39 is 0 Å². The van der Waals surface area contributed by atoms with Gasteiger partial charge < -0.3 is 15.1 Å². The smallest absolute Gasteiger partial charge is 0.223 e. The van der Waals surface area contributed by atoms with Crippen LogP contribution in [0.15, 0.2) is 30.5 Å². The minimum atomic E-state index is 0.114. The van der Waals surface area contributed by atoms with E-state index in [1.807, 2.05) is 30.5 Å². The molecule has 3 rings (SSSR count). The lowest BCUT2D eigenvalue weighted by Gasteiger charge is -2.32. The summed E-state index contributed by atoms with van der Waals surface area (Å²) in [6, 6.07) is 7.92. The third-order valence-corrected chi connectivity index (χ3v) is 5.47. The maximum absolute atomic E-state index is 12.4. The molecule has 1 fully saturated rings. The van der Waals surface area contributed by atoms with Gasteiger partial charge in [-0.05, 0) is 51.0 Å². The van der Waals surface area contributed by atoms with Gasteiger partial charge in [-0.25, -0.2) is 4.98 Å². The molecule has 1 aliphatic rings. The van der Waals surface area contributed by atoms with Gasteiger partial charge in [0.25, 0.3) is 0 Å². The van der Waals surface area contributed by atoms with Crippen molar-refractivity contribution in [2.75, 3.05) is 44.2 Å². The number of carbonyl (C=O) groups excluding carboxylic acids is 1. The van der Waals surface area contributed by atoms with Gasteiger partial charge in [0.1, 0.15) is 5.82 Å². The van der Waals surface area contributed by atoms with E-state index in [0.29, 0.717) is 0 Å². The average molecular weight is 370 g/mol. The van der Waals surface area contributed by atoms with Gasteiger partial charge in [-0.3, -0.25) is 9.78 Å². The number of aromatic nitrogens is 2. The number of nitrogens with zero attached hydrogens (tertiary/aromatic N) is 4. The Hall–Kier alpha value is -2.21. The lowest BCUT2D eigenvalue weighted by atomic mass is 9.96. The van der Waals surface area contributed by atoms with Crippen molar-refractivity contribution >= 4 is 22.8 Å². The van der Waals surface area contributed by atoms with Gasteiger partial charge in [-0.15, -0.1) is 0 Å². The molecule has 0 spiro atoms. The zero-order chi connectivity index (χ0) is 19.1. The Kier molecular flexibility index (Phi) is 6.98. The molecule has 0 atom stereocenters. The third-order valence-electron chi connectivity index (χ3n) is 5.47. The number of benzene rings is 1. The van der Waals surface area contributed by atoms with Crippen LogP contribution in [0.3, 0.4) is 0 Å². The normalized spacial score (nSPS) is 15.4. The van der Waals surface area contributed by atoms with Crippen molar-refractivity contribution in [3.63, 3.8) is 0 Å². The molecular formula is C21H31N5O. The van der Waals surface area contributed by atoms with Crippen molar-refractivity contribution in [3.8, 4) is 0 Å². The molecule has 0 bridgehead atoms. The number of nitrogens with one attached hydrogen (secondary N) is 1. The van der Waals surface area contributed by atoms with E-state index in [0.717, 1.165) is 75.4 Å². The number of piperidine rings is 1. The first kappa shape index (κ1) is 19.5. The van der Waals surface area contributed by atoms with Crippen LogP contribution < -0.4 is 10.2 Å². The standard InChI is InChI=1S/C21H31N5O/c1-3-25(4-2)13-7-12-22-21(27)17-10-14-26(15-11-17)20-16-23-18-8-5-6-9-19(18)24-20/h5-6,8-9,16-17H,3-4,7,10-15H2,1-2H3,(H,22,27). The summed E-state index contributed by atoms with van der Waals surface area (Å²) in [5.41, 5.74) is 1.84. The maximum atomic E-state index is 12.4. The Morgan fingerprint density at radius 3 is 2.59 bits per heavy atom. The van der Waals surface area contributed by atoms with Gasteiger partial charge >= 0.3 is 0 Å². The molecule has 1 aromatic carbocycles. The lowest BCUT2D eigenvalue weighted by Crippen LogP contribution is -2.41. The summed E-state index contributed by atoms with van der Waals surface area (Å²) in [4.78, 5) is 26.3. The first-order chi connectivity index (χ1) is 13.2. The largest absolute Gasteiger partial charge is 0.356 e. The van der Waals surface area contributed by atoms with Gasteiger partial charge in [-0.2, -0.15) is 0 Å². The third kappa shape index (κ3) is 5.16. The molecular weight excluding hydrogens is 338 g/mol. The lowest BCUT2D eigenvalue weighted by molar-refractivity contribution is -0.125. The number of rotatable bonds is 8. The molecule has 2 aromatic rings. The number of hydrogen-bond donors (Lipinski definition) is 1. The average Bonchev–Trinajstić information content (AvgIpc) is 2.73. The van der Waals surface area contributed by atoms with Crippen LogP contribution in [0, 0.1) is 5.92 Å². The summed E-state index contributed by atoms with van der Waals surface area (Å²) in [6.07, 6.45) is 4.60. The van der Waals surface area contributed by atoms with Crippen molar-refractivity contribution < 1.29 is 4.79 Å². The summed E-state index contributed by atoms with van der Waals surface area (Å²) in [7, 11) is 0. The Labute approximate surface area is 162 Å². The Morgan fingerprint density at radius 2 is 1.89 bits per heavy atom. The zero-order valence-electron chi connectivity index (χ0n) is 16.5. The van der Waals surface area contributed by atoms with E-state index in [4.69, 9.17) is 4.98 Å². The van der Waals surface area contributed by atoms with Crippen molar-refractivity contribution in [3.05, 3.63) is 30.5 Å². The number of hydrogen-bond acceptors (Lipinski definition) is 5. The molecule has 0 saturated carbocycles. The van der Waals surface area contributed by atoms with Crippen LogP contribution in [0.25, 0.3) is 11.0 Å². The predicted molar refractivity (Wildman–Crippen MR) is 110 cm³/mol. The molecule has 1 amide bonds. The van der Waals surface area contributed by atoms with Crippen molar-refractivity contribution in [1.29, 1.82) is 0 Å². The van der Waals surface area contributed by atoms with Crippen LogP contribution in [0.4, 0.5) is 5.82 Å². The van der Waals surface area contributed by atoms with E-state index in [1.54, 1.807) is 0 Å². The van der Waals surface area contributed by atoms with Crippen molar-refractivity contribution in [2.24, 2.45) is 5.92 Å². The van der Waals surface area contributed by atoms with Gasteiger partial charge in [0, 0.05) is 25.6 Å². The summed E-state index contributed by atoms with van der Waals surface area (Å²) >= 11 is 0. The van der Waals surface area contributed by atoms with E-state index in [9.17, 15) is 4.79 Å². The summed E-state index contributed by atoms with van der Waals surface area (Å²) in [6.45, 7) is 10.0. The first-order valence-corrected chi connectivity index (χ1v) is 10.2. The SMILES string of the molecule is CCN(CC)CCCNC(=O)C1CCN(c2cnc3ccccc3n2)CC1. The van der Waals surface area contributed by atoms with Crippen molar-refractivity contribution in [2.45, 2.75) is 33.1 Å². The van der Waals surface area contributed by atoms with Gasteiger partial charge in [0.05, 0.1) is 17.2 Å². The van der Waals surface area contributed by atoms with Crippen LogP contribution in [-0.4, -0.2) is 60.0 Å². The number of fused-ring (bicyclic) bond motifs is 1. The number of para-hydroxylation sites is 2. The van der Waals surface area contributed by atoms with Crippen LogP contribution in [0.5, 0.6) is 0 Å². The highest BCUT2D eigenvalue weighted by atomic mass is 16.1. The molecule has 6 nitrogen and oxygen atoms in total. The van der Waals surface area contributed by atoms with E-state index in [1.165, 1.54) is 0 Å². The highest BCUT2D eigenvalue weighted by Crippen LogP contribution is 2.23. The molecule has 1 aliphatic heterocycles. The highest BCUT2D eigenvalue weighted by molar-refractivity contribution is 5.79. The molecule has 146 valence electrons. The molecule has 2 heterocycles. The Bertz CT molecular complexity index is 738. The van der Waals surface area contributed by atoms with Crippen LogP contribution >= 0.6 is 0 Å². The topological polar surface area (TPSA) is 61.4 Å². The van der Waals surface area contributed by atoms with Gasteiger partial charge in [0.15, 0.2) is 0 Å². The van der Waals surface area contributed by atoms with Crippen LogP contribution in [0.2, 0.25) is 0 Å². The zero-order valence-corrected chi connectivity index (χ0v) is 16.5. The molecule has 6 heteroatoms. The first-order valence-electron chi connectivity index (χ1n) is 10.2. The van der Waals surface area contributed by atoms with Gasteiger partial charge in [-0.1, -0.05) is 26.0 Å². The Balaban J connectivity index is 1.44. The predicted octanol–water partition coefficient (Wildman–Crippen LogP) is 2.69. The number of anilines is 1. The highest BCUT2D eigenvalue weighted by Gasteiger charge is 2.25. The molecule has 27 heavy (non-hydrogen) atoms. The van der Waals surface area contributed by atoms with E-state index in [2.05, 4.69) is 33.9 Å². The second-order valence-electron chi connectivity index (χ2n) is 7.15. The fourth-order valence-corrected chi connectivity index (χ4v) is 3.67. The fraction of sp³-hybridized carbons (Fsp3) is 0.571. The maximum Gasteiger partial charge on any atom is 0.223 e. The molecule has 1 saturated heterocycles. The molecule has 1 aromatic heterocycles. The second kappa shape index (κ2) is 9.65. The van der Waals surface area contributed by atoms with E-state index in [-0.39, 0.29) is 11.8 Å². The number of amides is 1. The van der Waals surface area contributed by atoms with Crippen LogP contribution in [0.1, 0.15) is 33.1 Å². The summed E-state index contributed by atoms with van der Waals surface area (Å²) in [5, 5.41) is 3.12. The molecule has 0 radical (unpaired) electrons. The molecule has 1 N–H and O–H groups in total. The summed E-state index contributed by atoms with van der Waals surface area (Å²) in [5.74, 6) is 1.23. The molecule has 0 unspecified atom stereocenters.